The molecule has 128 valence electrons. The number of benzene rings is 1. The van der Waals surface area contributed by atoms with Gasteiger partial charge in [-0.2, -0.15) is 0 Å². The van der Waals surface area contributed by atoms with E-state index in [0.29, 0.717) is 0 Å². The molecule has 1 atom stereocenters. The average Bonchev–Trinajstić information content (AvgIpc) is 2.52. The van der Waals surface area contributed by atoms with Crippen LogP contribution in [0.3, 0.4) is 0 Å². The predicted molar refractivity (Wildman–Crippen MR) is 88.5 cm³/mol. The molecule has 1 unspecified atom stereocenters. The van der Waals surface area contributed by atoms with Gasteiger partial charge in [0.1, 0.15) is 5.60 Å². The summed E-state index contributed by atoms with van der Waals surface area (Å²) in [6.07, 6.45) is 7.02. The molecular weight excluding hydrogens is 306 g/mol. The molecule has 0 amide bonds. The second kappa shape index (κ2) is 5.57. The zero-order valence-corrected chi connectivity index (χ0v) is 13.9. The molecule has 0 radical (unpaired) electrons. The van der Waals surface area contributed by atoms with E-state index < -0.39 is 4.92 Å². The van der Waals surface area contributed by atoms with Crippen LogP contribution in [0.5, 0.6) is 0 Å². The second-order valence-electron chi connectivity index (χ2n) is 8.09. The lowest BCUT2D eigenvalue weighted by Crippen LogP contribution is -2.53. The maximum Gasteiger partial charge on any atom is 0.313 e. The van der Waals surface area contributed by atoms with Gasteiger partial charge < -0.3 is 4.74 Å². The first-order valence-electron chi connectivity index (χ1n) is 8.91. The molecule has 4 saturated carbocycles. The molecule has 4 fully saturated rings. The van der Waals surface area contributed by atoms with Gasteiger partial charge in [-0.1, -0.05) is 12.1 Å². The number of hydrogen-bond donors (Lipinski definition) is 0. The number of rotatable bonds is 4. The number of nitro groups is 1. The Kier molecular flexibility index (Phi) is 3.62. The number of hydrogen-bond acceptors (Lipinski definition) is 4. The maximum atomic E-state index is 12.7. The predicted octanol–water partition coefficient (Wildman–Crippen LogP) is 4.21. The number of nitrogens with zero attached hydrogens (tertiary/aromatic N) is 1. The molecule has 0 spiro atoms. The summed E-state index contributed by atoms with van der Waals surface area (Å²) in [6, 6.07) is 6.21. The Hall–Kier alpha value is -1.91. The van der Waals surface area contributed by atoms with E-state index in [4.69, 9.17) is 4.74 Å². The molecule has 4 aliphatic carbocycles. The summed E-state index contributed by atoms with van der Waals surface area (Å²) >= 11 is 0. The van der Waals surface area contributed by atoms with E-state index in [-0.39, 0.29) is 23.2 Å². The van der Waals surface area contributed by atoms with Crippen LogP contribution in [0.4, 0.5) is 5.69 Å². The number of esters is 1. The molecule has 24 heavy (non-hydrogen) atoms. The quantitative estimate of drug-likeness (QED) is 0.471. The third-order valence-electron chi connectivity index (χ3n) is 6.26. The summed E-state index contributed by atoms with van der Waals surface area (Å²) in [5.74, 6) is 1.63. The number of carbonyl (C=O) groups is 1. The molecule has 5 rings (SSSR count). The molecule has 1 aromatic carbocycles. The van der Waals surface area contributed by atoms with Crippen LogP contribution in [-0.2, 0) is 9.53 Å². The van der Waals surface area contributed by atoms with Gasteiger partial charge in [0, 0.05) is 12.1 Å². The van der Waals surface area contributed by atoms with E-state index in [9.17, 15) is 14.9 Å². The Morgan fingerprint density at radius 3 is 2.08 bits per heavy atom. The van der Waals surface area contributed by atoms with Crippen molar-refractivity contribution >= 4 is 11.7 Å². The van der Waals surface area contributed by atoms with Gasteiger partial charge in [0.05, 0.1) is 10.8 Å². The molecular formula is C19H23NO4. The van der Waals surface area contributed by atoms with E-state index in [2.05, 4.69) is 0 Å². The van der Waals surface area contributed by atoms with Crippen LogP contribution in [-0.4, -0.2) is 16.5 Å². The summed E-state index contributed by atoms with van der Waals surface area (Å²) in [4.78, 5) is 23.0. The largest absolute Gasteiger partial charge is 0.459 e. The van der Waals surface area contributed by atoms with Crippen molar-refractivity contribution < 1.29 is 14.5 Å². The van der Waals surface area contributed by atoms with Crippen molar-refractivity contribution in [2.24, 2.45) is 17.8 Å². The fraction of sp³-hybridized carbons (Fsp3) is 0.632. The summed E-state index contributed by atoms with van der Waals surface area (Å²) in [5.41, 5.74) is 0.580. The third-order valence-corrected chi connectivity index (χ3v) is 6.26. The monoisotopic (exact) mass is 329 g/mol. The van der Waals surface area contributed by atoms with Crippen LogP contribution in [0.1, 0.15) is 56.9 Å². The highest BCUT2D eigenvalue weighted by Crippen LogP contribution is 2.57. The minimum absolute atomic E-state index is 0.0420. The van der Waals surface area contributed by atoms with Gasteiger partial charge in [0.2, 0.25) is 0 Å². The lowest BCUT2D eigenvalue weighted by atomic mass is 9.54. The van der Waals surface area contributed by atoms with E-state index in [1.165, 1.54) is 31.4 Å². The molecule has 0 saturated heterocycles. The van der Waals surface area contributed by atoms with E-state index in [1.54, 1.807) is 12.1 Å². The zero-order valence-electron chi connectivity index (χ0n) is 13.9. The Morgan fingerprint density at radius 2 is 1.62 bits per heavy atom. The van der Waals surface area contributed by atoms with Crippen molar-refractivity contribution in [3.63, 3.8) is 0 Å². The minimum atomic E-state index is -0.428. The highest BCUT2D eigenvalue weighted by atomic mass is 16.6. The molecule has 4 bridgehead atoms. The van der Waals surface area contributed by atoms with Crippen molar-refractivity contribution in [3.8, 4) is 0 Å². The zero-order chi connectivity index (χ0) is 16.9. The second-order valence-corrected chi connectivity index (χ2v) is 8.09. The standard InChI is InChI=1S/C19H23NO4/c1-12(16-2-4-17(5-3-16)20(22)23)18(21)24-19-9-13-6-14(10-19)8-15(7-13)11-19/h2-5,12-15H,6-11H2,1H3. The lowest BCUT2D eigenvalue weighted by molar-refractivity contribution is -0.384. The first kappa shape index (κ1) is 15.6. The summed E-state index contributed by atoms with van der Waals surface area (Å²) in [5, 5.41) is 10.7. The summed E-state index contributed by atoms with van der Waals surface area (Å²) < 4.78 is 6.07. The van der Waals surface area contributed by atoms with Gasteiger partial charge in [0.15, 0.2) is 0 Å². The topological polar surface area (TPSA) is 69.4 Å². The fourth-order valence-corrected chi connectivity index (χ4v) is 5.48. The van der Waals surface area contributed by atoms with Gasteiger partial charge in [0.25, 0.3) is 5.69 Å². The third kappa shape index (κ3) is 2.70. The van der Waals surface area contributed by atoms with Crippen molar-refractivity contribution in [2.45, 2.75) is 57.0 Å². The van der Waals surface area contributed by atoms with Gasteiger partial charge in [-0.05, 0) is 68.8 Å². The highest BCUT2D eigenvalue weighted by molar-refractivity contribution is 5.78. The molecule has 0 N–H and O–H groups in total. The van der Waals surface area contributed by atoms with Crippen molar-refractivity contribution in [1.29, 1.82) is 0 Å². The van der Waals surface area contributed by atoms with Crippen LogP contribution in [0.15, 0.2) is 24.3 Å². The smallest absolute Gasteiger partial charge is 0.313 e. The van der Waals surface area contributed by atoms with Crippen molar-refractivity contribution in [3.05, 3.63) is 39.9 Å². The van der Waals surface area contributed by atoms with Gasteiger partial charge >= 0.3 is 5.97 Å². The molecule has 5 nitrogen and oxygen atoms in total. The Labute approximate surface area is 141 Å². The van der Waals surface area contributed by atoms with Gasteiger partial charge in [-0.25, -0.2) is 0 Å². The van der Waals surface area contributed by atoms with Gasteiger partial charge in [-0.15, -0.1) is 0 Å². The van der Waals surface area contributed by atoms with Crippen molar-refractivity contribution in [2.75, 3.05) is 0 Å². The van der Waals surface area contributed by atoms with Crippen molar-refractivity contribution in [1.82, 2.24) is 0 Å². The average molecular weight is 329 g/mol. The number of non-ortho nitro benzene ring substituents is 1. The molecule has 5 heteroatoms. The van der Waals surface area contributed by atoms with Crippen LogP contribution in [0.25, 0.3) is 0 Å². The normalized spacial score (nSPS) is 34.8. The Balaban J connectivity index is 1.47. The SMILES string of the molecule is CC(C(=O)OC12CC3CC(CC(C3)C1)C2)c1ccc([N+](=O)[O-])cc1. The van der Waals surface area contributed by atoms with Crippen LogP contribution < -0.4 is 0 Å². The Morgan fingerprint density at radius 1 is 1.12 bits per heavy atom. The van der Waals surface area contributed by atoms with Crippen LogP contribution in [0, 0.1) is 27.9 Å². The minimum Gasteiger partial charge on any atom is -0.459 e. The number of carbonyl (C=O) groups excluding carboxylic acids is 1. The van der Waals surface area contributed by atoms with Crippen LogP contribution >= 0.6 is 0 Å². The van der Waals surface area contributed by atoms with E-state index in [0.717, 1.165) is 42.6 Å². The molecule has 0 heterocycles. The highest BCUT2D eigenvalue weighted by Gasteiger charge is 2.53. The number of ether oxygens (including phenoxy) is 1. The molecule has 1 aromatic rings. The number of nitro benzene ring substituents is 1. The summed E-state index contributed by atoms with van der Waals surface area (Å²) in [7, 11) is 0. The lowest BCUT2D eigenvalue weighted by Gasteiger charge is -2.55. The first-order chi connectivity index (χ1) is 11.4. The molecule has 4 aliphatic rings. The Bertz CT molecular complexity index is 631. The molecule has 0 aromatic heterocycles. The molecule has 0 aliphatic heterocycles. The van der Waals surface area contributed by atoms with Crippen LogP contribution in [0.2, 0.25) is 0 Å². The van der Waals surface area contributed by atoms with Gasteiger partial charge in [-0.3, -0.25) is 14.9 Å². The van der Waals surface area contributed by atoms with E-state index >= 15 is 0 Å². The first-order valence-corrected chi connectivity index (χ1v) is 8.91. The fourth-order valence-electron chi connectivity index (χ4n) is 5.48. The van der Waals surface area contributed by atoms with E-state index in [1.807, 2.05) is 6.92 Å². The maximum absolute atomic E-state index is 12.7. The summed E-state index contributed by atoms with van der Waals surface area (Å²) in [6.45, 7) is 1.82.